The maximum atomic E-state index is 11.6. The quantitative estimate of drug-likeness (QED) is 0.781. The second kappa shape index (κ2) is 6.35. The molecule has 106 valence electrons. The average Bonchev–Trinajstić information content (AvgIpc) is 2.25. The molecule has 1 atom stereocenters. The number of rotatable bonds is 6. The fraction of sp³-hybridized carbons (Fsp3) is 1.00. The van der Waals surface area contributed by atoms with Gasteiger partial charge in [-0.05, 0) is 38.3 Å². The first kappa shape index (κ1) is 14.3. The van der Waals surface area contributed by atoms with E-state index in [9.17, 15) is 8.42 Å². The Bertz CT molecular complexity index is 352. The van der Waals surface area contributed by atoms with Crippen molar-refractivity contribution >= 4 is 9.84 Å². The van der Waals surface area contributed by atoms with Gasteiger partial charge in [0.25, 0.3) is 0 Å². The SMILES string of the molecule is CCN(CCC1CS(=O)(=O)CCN1)CC1CCC1. The molecule has 0 aromatic rings. The van der Waals surface area contributed by atoms with Crippen LogP contribution in [0.2, 0.25) is 0 Å². The molecular formula is C13H26N2O2S. The molecule has 4 nitrogen and oxygen atoms in total. The van der Waals surface area contributed by atoms with Crippen molar-refractivity contribution in [2.45, 2.75) is 38.6 Å². The molecule has 1 aliphatic heterocycles. The fourth-order valence-corrected chi connectivity index (χ4v) is 4.30. The third-order valence-corrected chi connectivity index (χ3v) is 6.02. The van der Waals surface area contributed by atoms with E-state index in [1.807, 2.05) is 0 Å². The van der Waals surface area contributed by atoms with Crippen LogP contribution < -0.4 is 5.32 Å². The standard InChI is InChI=1S/C13H26N2O2S/c1-2-15(10-12-4-3-5-12)8-6-13-11-18(16,17)9-7-14-13/h12-14H,2-11H2,1H3. The monoisotopic (exact) mass is 274 g/mol. The first-order valence-electron chi connectivity index (χ1n) is 7.25. The molecule has 2 fully saturated rings. The van der Waals surface area contributed by atoms with Crippen molar-refractivity contribution in [3.8, 4) is 0 Å². The summed E-state index contributed by atoms with van der Waals surface area (Å²) in [5.74, 6) is 1.53. The van der Waals surface area contributed by atoms with E-state index in [1.165, 1.54) is 25.8 Å². The van der Waals surface area contributed by atoms with E-state index in [0.29, 0.717) is 18.1 Å². The van der Waals surface area contributed by atoms with Crippen LogP contribution >= 0.6 is 0 Å². The zero-order chi connectivity index (χ0) is 13.0. The molecule has 1 saturated heterocycles. The Morgan fingerprint density at radius 3 is 2.67 bits per heavy atom. The van der Waals surface area contributed by atoms with Gasteiger partial charge in [0, 0.05) is 19.1 Å². The summed E-state index contributed by atoms with van der Waals surface area (Å²) >= 11 is 0. The van der Waals surface area contributed by atoms with Gasteiger partial charge in [0.05, 0.1) is 11.5 Å². The van der Waals surface area contributed by atoms with Crippen LogP contribution in [0.15, 0.2) is 0 Å². The lowest BCUT2D eigenvalue weighted by Crippen LogP contribution is -2.46. The summed E-state index contributed by atoms with van der Waals surface area (Å²) in [6.07, 6.45) is 5.11. The van der Waals surface area contributed by atoms with Crippen molar-refractivity contribution in [2.24, 2.45) is 5.92 Å². The molecule has 1 saturated carbocycles. The topological polar surface area (TPSA) is 49.4 Å². The van der Waals surface area contributed by atoms with Gasteiger partial charge < -0.3 is 10.2 Å². The van der Waals surface area contributed by atoms with Gasteiger partial charge in [-0.1, -0.05) is 13.3 Å². The second-order valence-corrected chi connectivity index (χ2v) is 7.97. The predicted octanol–water partition coefficient (Wildman–Crippen LogP) is 0.885. The van der Waals surface area contributed by atoms with Gasteiger partial charge in [0.2, 0.25) is 0 Å². The first-order valence-corrected chi connectivity index (χ1v) is 9.07. The summed E-state index contributed by atoms with van der Waals surface area (Å²) in [5.41, 5.74) is 0. The summed E-state index contributed by atoms with van der Waals surface area (Å²) in [6.45, 7) is 6.14. The normalized spacial score (nSPS) is 28.2. The van der Waals surface area contributed by atoms with Gasteiger partial charge in [-0.15, -0.1) is 0 Å². The van der Waals surface area contributed by atoms with Crippen LogP contribution in [0.4, 0.5) is 0 Å². The van der Waals surface area contributed by atoms with Crippen molar-refractivity contribution in [3.05, 3.63) is 0 Å². The number of nitrogens with one attached hydrogen (secondary N) is 1. The minimum absolute atomic E-state index is 0.166. The Morgan fingerprint density at radius 1 is 1.33 bits per heavy atom. The Morgan fingerprint density at radius 2 is 2.11 bits per heavy atom. The smallest absolute Gasteiger partial charge is 0.153 e. The molecule has 18 heavy (non-hydrogen) atoms. The molecule has 5 heteroatoms. The van der Waals surface area contributed by atoms with Crippen LogP contribution in [0, 0.1) is 5.92 Å². The maximum Gasteiger partial charge on any atom is 0.153 e. The summed E-state index contributed by atoms with van der Waals surface area (Å²) in [4.78, 5) is 2.48. The highest BCUT2D eigenvalue weighted by Crippen LogP contribution is 2.27. The van der Waals surface area contributed by atoms with Crippen LogP contribution in [0.25, 0.3) is 0 Å². The lowest BCUT2D eigenvalue weighted by molar-refractivity contribution is 0.178. The Hall–Kier alpha value is -0.130. The maximum absolute atomic E-state index is 11.6. The minimum Gasteiger partial charge on any atom is -0.312 e. The third kappa shape index (κ3) is 4.21. The number of hydrogen-bond acceptors (Lipinski definition) is 4. The van der Waals surface area contributed by atoms with Crippen LogP contribution in [0.3, 0.4) is 0 Å². The lowest BCUT2D eigenvalue weighted by Gasteiger charge is -2.33. The minimum atomic E-state index is -2.78. The summed E-state index contributed by atoms with van der Waals surface area (Å²) in [6, 6.07) is 0.166. The Labute approximate surface area is 111 Å². The molecule has 1 unspecified atom stereocenters. The van der Waals surface area contributed by atoms with Crippen LogP contribution in [0.1, 0.15) is 32.6 Å². The third-order valence-electron chi connectivity index (χ3n) is 4.28. The molecule has 1 heterocycles. The van der Waals surface area contributed by atoms with E-state index in [-0.39, 0.29) is 6.04 Å². The molecule has 2 rings (SSSR count). The summed E-state index contributed by atoms with van der Waals surface area (Å²) in [7, 11) is -2.78. The van der Waals surface area contributed by atoms with E-state index >= 15 is 0 Å². The number of sulfone groups is 1. The van der Waals surface area contributed by atoms with Crippen molar-refractivity contribution < 1.29 is 8.42 Å². The zero-order valence-corrected chi connectivity index (χ0v) is 12.2. The highest BCUT2D eigenvalue weighted by atomic mass is 32.2. The highest BCUT2D eigenvalue weighted by molar-refractivity contribution is 7.91. The molecule has 1 aliphatic carbocycles. The molecule has 0 spiro atoms. The van der Waals surface area contributed by atoms with Gasteiger partial charge >= 0.3 is 0 Å². The van der Waals surface area contributed by atoms with E-state index in [1.54, 1.807) is 0 Å². The first-order chi connectivity index (χ1) is 8.59. The van der Waals surface area contributed by atoms with Crippen molar-refractivity contribution in [2.75, 3.05) is 37.7 Å². The highest BCUT2D eigenvalue weighted by Gasteiger charge is 2.25. The second-order valence-electron chi connectivity index (χ2n) is 5.74. The Balaban J connectivity index is 1.71. The van der Waals surface area contributed by atoms with E-state index < -0.39 is 9.84 Å². The molecular weight excluding hydrogens is 248 g/mol. The molecule has 2 aliphatic rings. The van der Waals surface area contributed by atoms with E-state index in [4.69, 9.17) is 0 Å². The van der Waals surface area contributed by atoms with Gasteiger partial charge in [-0.2, -0.15) is 0 Å². The van der Waals surface area contributed by atoms with E-state index in [0.717, 1.165) is 25.4 Å². The Kier molecular flexibility index (Phi) is 5.04. The molecule has 0 radical (unpaired) electrons. The van der Waals surface area contributed by atoms with Gasteiger partial charge in [0.15, 0.2) is 9.84 Å². The summed E-state index contributed by atoms with van der Waals surface area (Å²) in [5, 5.41) is 3.33. The molecule has 0 amide bonds. The van der Waals surface area contributed by atoms with Crippen LogP contribution in [-0.2, 0) is 9.84 Å². The molecule has 1 N–H and O–H groups in total. The zero-order valence-electron chi connectivity index (χ0n) is 11.4. The largest absolute Gasteiger partial charge is 0.312 e. The lowest BCUT2D eigenvalue weighted by atomic mass is 9.85. The van der Waals surface area contributed by atoms with Crippen LogP contribution in [-0.4, -0.2) is 57.0 Å². The average molecular weight is 274 g/mol. The summed E-state index contributed by atoms with van der Waals surface area (Å²) < 4.78 is 23.1. The molecule has 0 aromatic carbocycles. The van der Waals surface area contributed by atoms with Crippen molar-refractivity contribution in [1.29, 1.82) is 0 Å². The van der Waals surface area contributed by atoms with Gasteiger partial charge in [-0.3, -0.25) is 0 Å². The number of hydrogen-bond donors (Lipinski definition) is 1. The van der Waals surface area contributed by atoms with Crippen LogP contribution in [0.5, 0.6) is 0 Å². The molecule has 0 bridgehead atoms. The fourth-order valence-electron chi connectivity index (χ4n) is 2.81. The van der Waals surface area contributed by atoms with E-state index in [2.05, 4.69) is 17.1 Å². The van der Waals surface area contributed by atoms with Gasteiger partial charge in [0.1, 0.15) is 0 Å². The predicted molar refractivity (Wildman–Crippen MR) is 74.5 cm³/mol. The van der Waals surface area contributed by atoms with Crippen molar-refractivity contribution in [1.82, 2.24) is 10.2 Å². The number of nitrogens with zero attached hydrogens (tertiary/aromatic N) is 1. The molecule has 0 aromatic heterocycles. The van der Waals surface area contributed by atoms with Crippen molar-refractivity contribution in [3.63, 3.8) is 0 Å². The van der Waals surface area contributed by atoms with Gasteiger partial charge in [-0.25, -0.2) is 8.42 Å².